The maximum Gasteiger partial charge on any atom is 0.309 e. The summed E-state index contributed by atoms with van der Waals surface area (Å²) in [5.41, 5.74) is -0.474. The van der Waals surface area contributed by atoms with Crippen molar-refractivity contribution in [2.45, 2.75) is 71.6 Å². The molecule has 1 N–H and O–H groups in total. The summed E-state index contributed by atoms with van der Waals surface area (Å²) in [6, 6.07) is 0. The second-order valence-corrected chi connectivity index (χ2v) is 5.68. The number of rotatable bonds is 6. The van der Waals surface area contributed by atoms with Gasteiger partial charge in [-0.1, -0.05) is 51.9 Å². The third kappa shape index (κ3) is 3.80. The summed E-state index contributed by atoms with van der Waals surface area (Å²) in [6.45, 7) is 4.07. The lowest BCUT2D eigenvalue weighted by atomic mass is 9.73. The highest BCUT2D eigenvalue weighted by Crippen LogP contribution is 2.38. The first-order chi connectivity index (χ1) is 7.58. The lowest BCUT2D eigenvalue weighted by Crippen LogP contribution is -2.30. The van der Waals surface area contributed by atoms with Gasteiger partial charge in [0.1, 0.15) is 0 Å². The van der Waals surface area contributed by atoms with Crippen molar-refractivity contribution < 1.29 is 9.90 Å². The van der Waals surface area contributed by atoms with Crippen LogP contribution in [0.2, 0.25) is 0 Å². The van der Waals surface area contributed by atoms with Gasteiger partial charge in [0, 0.05) is 0 Å². The molecular formula is C14H26O2. The normalized spacial score (nSPS) is 21.6. The second kappa shape index (κ2) is 6.27. The fraction of sp³-hybridized carbons (Fsp3) is 0.929. The predicted molar refractivity (Wildman–Crippen MR) is 66.5 cm³/mol. The molecule has 1 atom stereocenters. The quantitative estimate of drug-likeness (QED) is 0.735. The number of unbranched alkanes of at least 4 members (excludes halogenated alkanes) is 1. The fourth-order valence-electron chi connectivity index (χ4n) is 2.89. The molecule has 2 heteroatoms. The summed E-state index contributed by atoms with van der Waals surface area (Å²) in [6.07, 6.45) is 10.3. The minimum absolute atomic E-state index is 0.474. The molecule has 0 aromatic carbocycles. The highest BCUT2D eigenvalue weighted by atomic mass is 16.4. The average molecular weight is 226 g/mol. The molecule has 1 fully saturated rings. The molecule has 94 valence electrons. The Morgan fingerprint density at radius 2 is 1.94 bits per heavy atom. The van der Waals surface area contributed by atoms with E-state index in [1.54, 1.807) is 0 Å². The van der Waals surface area contributed by atoms with Crippen LogP contribution < -0.4 is 0 Å². The summed E-state index contributed by atoms with van der Waals surface area (Å²) < 4.78 is 0. The van der Waals surface area contributed by atoms with Crippen molar-refractivity contribution in [1.29, 1.82) is 0 Å². The van der Waals surface area contributed by atoms with Gasteiger partial charge in [0.15, 0.2) is 0 Å². The number of carboxylic acid groups (broad SMARTS) is 1. The van der Waals surface area contributed by atoms with E-state index in [1.807, 2.05) is 6.92 Å². The molecule has 0 aromatic rings. The second-order valence-electron chi connectivity index (χ2n) is 5.68. The summed E-state index contributed by atoms with van der Waals surface area (Å²) >= 11 is 0. The minimum Gasteiger partial charge on any atom is -0.481 e. The molecule has 0 spiro atoms. The zero-order chi connectivity index (χ0) is 12.0. The van der Waals surface area contributed by atoms with Crippen LogP contribution in [0.5, 0.6) is 0 Å². The van der Waals surface area contributed by atoms with E-state index < -0.39 is 11.4 Å². The van der Waals surface area contributed by atoms with Crippen LogP contribution in [-0.2, 0) is 4.79 Å². The van der Waals surface area contributed by atoms with Gasteiger partial charge < -0.3 is 5.11 Å². The van der Waals surface area contributed by atoms with Crippen LogP contribution in [0, 0.1) is 11.3 Å². The van der Waals surface area contributed by atoms with E-state index in [0.29, 0.717) is 5.92 Å². The first kappa shape index (κ1) is 13.5. The molecule has 0 saturated heterocycles. The zero-order valence-corrected chi connectivity index (χ0v) is 10.8. The highest BCUT2D eigenvalue weighted by Gasteiger charge is 2.35. The van der Waals surface area contributed by atoms with Gasteiger partial charge in [-0.25, -0.2) is 0 Å². The van der Waals surface area contributed by atoms with Gasteiger partial charge in [0.2, 0.25) is 0 Å². The largest absolute Gasteiger partial charge is 0.481 e. The first-order valence-corrected chi connectivity index (χ1v) is 6.82. The molecule has 0 heterocycles. The van der Waals surface area contributed by atoms with Gasteiger partial charge in [-0.3, -0.25) is 4.79 Å². The van der Waals surface area contributed by atoms with Crippen molar-refractivity contribution in [2.24, 2.45) is 11.3 Å². The molecule has 1 saturated carbocycles. The Balaban J connectivity index is 2.51. The molecular weight excluding hydrogens is 200 g/mol. The molecule has 16 heavy (non-hydrogen) atoms. The van der Waals surface area contributed by atoms with E-state index in [4.69, 9.17) is 0 Å². The standard InChI is InChI=1S/C14H26O2/c1-3-4-10-14(2,13(15)16)11-12-8-6-5-7-9-12/h12H,3-11H2,1-2H3,(H,15,16). The van der Waals surface area contributed by atoms with Crippen LogP contribution >= 0.6 is 0 Å². The Morgan fingerprint density at radius 3 is 2.44 bits per heavy atom. The molecule has 1 aliphatic rings. The summed E-state index contributed by atoms with van der Waals surface area (Å²) in [5, 5.41) is 9.39. The molecule has 1 unspecified atom stereocenters. The third-order valence-corrected chi connectivity index (χ3v) is 4.06. The van der Waals surface area contributed by atoms with E-state index in [9.17, 15) is 9.90 Å². The van der Waals surface area contributed by atoms with Gasteiger partial charge in [-0.15, -0.1) is 0 Å². The molecule has 0 aromatic heterocycles. The number of aliphatic carboxylic acids is 1. The SMILES string of the molecule is CCCCC(C)(CC1CCCCC1)C(=O)O. The van der Waals surface area contributed by atoms with Crippen LogP contribution in [0.15, 0.2) is 0 Å². The van der Waals surface area contributed by atoms with Gasteiger partial charge in [-0.2, -0.15) is 0 Å². The first-order valence-electron chi connectivity index (χ1n) is 6.82. The number of hydrogen-bond donors (Lipinski definition) is 1. The Kier molecular flexibility index (Phi) is 5.30. The molecule has 1 aliphatic carbocycles. The maximum absolute atomic E-state index is 11.4. The van der Waals surface area contributed by atoms with E-state index in [2.05, 4.69) is 6.92 Å². The molecule has 0 radical (unpaired) electrons. The van der Waals surface area contributed by atoms with Crippen molar-refractivity contribution >= 4 is 5.97 Å². The van der Waals surface area contributed by atoms with Crippen molar-refractivity contribution in [1.82, 2.24) is 0 Å². The Bertz CT molecular complexity index is 219. The molecule has 2 nitrogen and oxygen atoms in total. The van der Waals surface area contributed by atoms with E-state index in [-0.39, 0.29) is 0 Å². The fourth-order valence-corrected chi connectivity index (χ4v) is 2.89. The third-order valence-electron chi connectivity index (χ3n) is 4.06. The van der Waals surface area contributed by atoms with Crippen molar-refractivity contribution in [2.75, 3.05) is 0 Å². The average Bonchev–Trinajstić information content (AvgIpc) is 2.27. The van der Waals surface area contributed by atoms with E-state index in [1.165, 1.54) is 32.1 Å². The van der Waals surface area contributed by atoms with Crippen LogP contribution in [0.3, 0.4) is 0 Å². The van der Waals surface area contributed by atoms with Crippen molar-refractivity contribution in [3.05, 3.63) is 0 Å². The summed E-state index contributed by atoms with van der Waals surface area (Å²) in [4.78, 5) is 11.4. The number of hydrogen-bond acceptors (Lipinski definition) is 1. The van der Waals surface area contributed by atoms with Crippen LogP contribution in [-0.4, -0.2) is 11.1 Å². The molecule has 0 aliphatic heterocycles. The summed E-state index contributed by atoms with van der Waals surface area (Å²) in [5.74, 6) is 0.0678. The highest BCUT2D eigenvalue weighted by molar-refractivity contribution is 5.74. The van der Waals surface area contributed by atoms with Crippen LogP contribution in [0.4, 0.5) is 0 Å². The number of carboxylic acids is 1. The van der Waals surface area contributed by atoms with Crippen LogP contribution in [0.1, 0.15) is 71.6 Å². The van der Waals surface area contributed by atoms with E-state index in [0.717, 1.165) is 25.7 Å². The Hall–Kier alpha value is -0.530. The Morgan fingerprint density at radius 1 is 1.31 bits per heavy atom. The van der Waals surface area contributed by atoms with Crippen molar-refractivity contribution in [3.63, 3.8) is 0 Å². The van der Waals surface area contributed by atoms with Gasteiger partial charge >= 0.3 is 5.97 Å². The molecule has 0 amide bonds. The number of carbonyl (C=O) groups is 1. The monoisotopic (exact) mass is 226 g/mol. The predicted octanol–water partition coefficient (Wildman–Crippen LogP) is 4.24. The molecule has 0 bridgehead atoms. The lowest BCUT2D eigenvalue weighted by molar-refractivity contribution is -0.149. The summed E-state index contributed by atoms with van der Waals surface area (Å²) in [7, 11) is 0. The molecule has 1 rings (SSSR count). The lowest BCUT2D eigenvalue weighted by Gasteiger charge is -2.31. The maximum atomic E-state index is 11.4. The minimum atomic E-state index is -0.591. The van der Waals surface area contributed by atoms with Gasteiger partial charge in [0.25, 0.3) is 0 Å². The zero-order valence-electron chi connectivity index (χ0n) is 10.8. The smallest absolute Gasteiger partial charge is 0.309 e. The van der Waals surface area contributed by atoms with Gasteiger partial charge in [-0.05, 0) is 25.7 Å². The van der Waals surface area contributed by atoms with E-state index >= 15 is 0 Å². The van der Waals surface area contributed by atoms with Crippen molar-refractivity contribution in [3.8, 4) is 0 Å². The van der Waals surface area contributed by atoms with Crippen LogP contribution in [0.25, 0.3) is 0 Å². The Labute approximate surface area is 99.4 Å². The topological polar surface area (TPSA) is 37.3 Å². The van der Waals surface area contributed by atoms with Gasteiger partial charge in [0.05, 0.1) is 5.41 Å².